The molecule has 1 atom stereocenters. The zero-order valence-corrected chi connectivity index (χ0v) is 10.9. The molecule has 1 heterocycles. The average molecular weight is 238 g/mol. The highest BCUT2D eigenvalue weighted by Crippen LogP contribution is 2.66. The largest absolute Gasteiger partial charge is 0.481 e. The van der Waals surface area contributed by atoms with Crippen LogP contribution >= 0.6 is 0 Å². The van der Waals surface area contributed by atoms with Gasteiger partial charge in [-0.2, -0.15) is 5.10 Å². The highest BCUT2D eigenvalue weighted by Gasteiger charge is 2.70. The van der Waals surface area contributed by atoms with Gasteiger partial charge in [0.05, 0.1) is 18.4 Å². The molecule has 94 valence electrons. The smallest absolute Gasteiger partial charge is 0.314 e. The van der Waals surface area contributed by atoms with Crippen LogP contribution in [0.3, 0.4) is 0 Å². The molecule has 1 aliphatic rings. The molecule has 0 saturated heterocycles. The van der Waals surface area contributed by atoms with Crippen molar-refractivity contribution in [1.29, 1.82) is 0 Å². The Balaban J connectivity index is 2.65. The molecule has 5 nitrogen and oxygen atoms in total. The molecule has 1 unspecified atom stereocenters. The van der Waals surface area contributed by atoms with Gasteiger partial charge in [-0.25, -0.2) is 4.68 Å². The van der Waals surface area contributed by atoms with Crippen LogP contribution in [0.1, 0.15) is 31.5 Å². The first-order valence-corrected chi connectivity index (χ1v) is 5.59. The molecular weight excluding hydrogens is 220 g/mol. The Morgan fingerprint density at radius 3 is 2.41 bits per heavy atom. The molecule has 17 heavy (non-hydrogen) atoms. The molecule has 5 heteroatoms. The van der Waals surface area contributed by atoms with Crippen molar-refractivity contribution in [2.24, 2.45) is 12.5 Å². The lowest BCUT2D eigenvalue weighted by atomic mass is 9.88. The molecule has 0 bridgehead atoms. The van der Waals surface area contributed by atoms with Gasteiger partial charge >= 0.3 is 5.97 Å². The lowest BCUT2D eigenvalue weighted by Gasteiger charge is -2.16. The van der Waals surface area contributed by atoms with Crippen molar-refractivity contribution in [1.82, 2.24) is 9.78 Å². The van der Waals surface area contributed by atoms with E-state index in [4.69, 9.17) is 4.74 Å². The van der Waals surface area contributed by atoms with Crippen molar-refractivity contribution in [3.63, 3.8) is 0 Å². The van der Waals surface area contributed by atoms with Crippen LogP contribution in [0.5, 0.6) is 5.88 Å². The minimum absolute atomic E-state index is 0.250. The van der Waals surface area contributed by atoms with E-state index in [9.17, 15) is 9.90 Å². The van der Waals surface area contributed by atoms with E-state index in [1.807, 2.05) is 20.8 Å². The van der Waals surface area contributed by atoms with E-state index < -0.39 is 11.4 Å². The summed E-state index contributed by atoms with van der Waals surface area (Å²) < 4.78 is 6.90. The topological polar surface area (TPSA) is 64.3 Å². The highest BCUT2D eigenvalue weighted by atomic mass is 16.5. The second kappa shape index (κ2) is 3.24. The van der Waals surface area contributed by atoms with Gasteiger partial charge in [0, 0.05) is 7.05 Å². The molecule has 1 fully saturated rings. The summed E-state index contributed by atoms with van der Waals surface area (Å²) in [6.07, 6.45) is 0.623. The van der Waals surface area contributed by atoms with Crippen molar-refractivity contribution in [3.8, 4) is 5.88 Å². The van der Waals surface area contributed by atoms with Gasteiger partial charge in [-0.15, -0.1) is 0 Å². The van der Waals surface area contributed by atoms with Crippen LogP contribution in [0.2, 0.25) is 0 Å². The number of methoxy groups -OCH3 is 1. The first kappa shape index (κ1) is 12.0. The van der Waals surface area contributed by atoms with E-state index in [2.05, 4.69) is 5.10 Å². The summed E-state index contributed by atoms with van der Waals surface area (Å²) in [5, 5.41) is 13.8. The number of aromatic nitrogens is 2. The third-order valence-corrected chi connectivity index (χ3v) is 3.89. The third kappa shape index (κ3) is 1.31. The predicted octanol–water partition coefficient (Wildman–Crippen LogP) is 1.49. The van der Waals surface area contributed by atoms with E-state index in [0.29, 0.717) is 12.3 Å². The summed E-state index contributed by atoms with van der Waals surface area (Å²) in [7, 11) is 3.31. The first-order chi connectivity index (χ1) is 7.78. The summed E-state index contributed by atoms with van der Waals surface area (Å²) in [5.41, 5.74) is 0.355. The molecular formula is C12H18N2O3. The molecule has 0 aliphatic heterocycles. The van der Waals surface area contributed by atoms with Gasteiger partial charge in [0.25, 0.3) is 0 Å². The Morgan fingerprint density at radius 2 is 2.06 bits per heavy atom. The van der Waals surface area contributed by atoms with E-state index in [-0.39, 0.29) is 5.41 Å². The van der Waals surface area contributed by atoms with E-state index in [1.54, 1.807) is 18.8 Å². The van der Waals surface area contributed by atoms with Crippen molar-refractivity contribution < 1.29 is 14.6 Å². The summed E-state index contributed by atoms with van der Waals surface area (Å²) >= 11 is 0. The maximum Gasteiger partial charge on any atom is 0.314 e. The number of nitrogens with zero attached hydrogens (tertiary/aromatic N) is 2. The van der Waals surface area contributed by atoms with Crippen molar-refractivity contribution >= 4 is 5.97 Å². The lowest BCUT2D eigenvalue weighted by molar-refractivity contribution is -0.141. The second-order valence-corrected chi connectivity index (χ2v) is 5.36. The Hall–Kier alpha value is -1.52. The van der Waals surface area contributed by atoms with E-state index >= 15 is 0 Å². The van der Waals surface area contributed by atoms with Crippen molar-refractivity contribution in [2.75, 3.05) is 7.11 Å². The summed E-state index contributed by atoms with van der Waals surface area (Å²) in [5.74, 6) is -0.243. The van der Waals surface area contributed by atoms with Gasteiger partial charge in [-0.1, -0.05) is 13.8 Å². The van der Waals surface area contributed by atoms with Gasteiger partial charge in [-0.3, -0.25) is 4.79 Å². The van der Waals surface area contributed by atoms with Crippen LogP contribution in [-0.2, 0) is 17.3 Å². The van der Waals surface area contributed by atoms with Gasteiger partial charge < -0.3 is 9.84 Å². The summed E-state index contributed by atoms with van der Waals surface area (Å²) in [4.78, 5) is 11.6. The van der Waals surface area contributed by atoms with Gasteiger partial charge in [0.2, 0.25) is 5.88 Å². The van der Waals surface area contributed by atoms with Crippen LogP contribution in [0.25, 0.3) is 0 Å². The Morgan fingerprint density at radius 1 is 1.53 bits per heavy atom. The van der Waals surface area contributed by atoms with E-state index in [1.165, 1.54) is 0 Å². The summed E-state index contributed by atoms with van der Waals surface area (Å²) in [6.45, 7) is 5.76. The molecule has 1 aromatic heterocycles. The van der Waals surface area contributed by atoms with Crippen molar-refractivity contribution in [2.45, 2.75) is 32.6 Å². The molecule has 1 aliphatic carbocycles. The van der Waals surface area contributed by atoms with Crippen LogP contribution in [-0.4, -0.2) is 28.0 Å². The van der Waals surface area contributed by atoms with Crippen LogP contribution in [0, 0.1) is 12.3 Å². The van der Waals surface area contributed by atoms with Gasteiger partial charge in [0.1, 0.15) is 5.41 Å². The number of carboxylic acids is 1. The maximum absolute atomic E-state index is 11.6. The number of aryl methyl sites for hydroxylation is 2. The molecule has 0 spiro atoms. The summed E-state index contributed by atoms with van der Waals surface area (Å²) in [6, 6.07) is 0. The molecule has 0 radical (unpaired) electrons. The average Bonchev–Trinajstić information content (AvgIpc) is 2.65. The Labute approximate surface area is 100 Å². The molecule has 0 aromatic carbocycles. The van der Waals surface area contributed by atoms with Crippen LogP contribution in [0.15, 0.2) is 0 Å². The fraction of sp³-hybridized carbons (Fsp3) is 0.667. The van der Waals surface area contributed by atoms with Crippen molar-refractivity contribution in [3.05, 3.63) is 11.3 Å². The predicted molar refractivity (Wildman–Crippen MR) is 62.2 cm³/mol. The number of hydrogen-bond acceptors (Lipinski definition) is 3. The second-order valence-electron chi connectivity index (χ2n) is 5.36. The molecule has 1 aromatic rings. The molecule has 0 amide bonds. The van der Waals surface area contributed by atoms with Crippen LogP contribution < -0.4 is 4.74 Å². The normalized spacial score (nSPS) is 25.7. The van der Waals surface area contributed by atoms with E-state index in [0.717, 1.165) is 11.3 Å². The fourth-order valence-electron chi connectivity index (χ4n) is 2.88. The van der Waals surface area contributed by atoms with Crippen LogP contribution in [0.4, 0.5) is 0 Å². The number of carbonyl (C=O) groups is 1. The number of hydrogen-bond donors (Lipinski definition) is 1. The number of carboxylic acid groups (broad SMARTS) is 1. The molecule has 1 saturated carbocycles. The highest BCUT2D eigenvalue weighted by molar-refractivity contribution is 5.88. The third-order valence-electron chi connectivity index (χ3n) is 3.89. The van der Waals surface area contributed by atoms with Gasteiger partial charge in [0.15, 0.2) is 0 Å². The number of rotatable bonds is 3. The van der Waals surface area contributed by atoms with Gasteiger partial charge in [-0.05, 0) is 18.8 Å². The SMILES string of the molecule is COc1c(C2(C(=O)O)CC2(C)C)c(C)nn1C. The fourth-order valence-corrected chi connectivity index (χ4v) is 2.88. The Bertz CT molecular complexity index is 490. The maximum atomic E-state index is 11.6. The minimum atomic E-state index is -0.851. The zero-order valence-electron chi connectivity index (χ0n) is 10.9. The monoisotopic (exact) mass is 238 g/mol. The molecule has 2 rings (SSSR count). The minimum Gasteiger partial charge on any atom is -0.481 e. The standard InChI is InChI=1S/C12H18N2O3/c1-7-8(9(17-5)14(4)13-7)12(10(15)16)6-11(12,2)3/h6H2,1-5H3,(H,15,16). The molecule has 1 N–H and O–H groups in total. The zero-order chi connectivity index (χ0) is 13.0. The number of ether oxygens (including phenoxy) is 1. The number of aliphatic carboxylic acids is 1. The Kier molecular flexibility index (Phi) is 2.28. The first-order valence-electron chi connectivity index (χ1n) is 5.59. The quantitative estimate of drug-likeness (QED) is 0.866. The lowest BCUT2D eigenvalue weighted by Crippen LogP contribution is -2.26.